The maximum absolute atomic E-state index is 12.2. The second kappa shape index (κ2) is 5.49. The van der Waals surface area contributed by atoms with Gasteiger partial charge in [0.15, 0.2) is 0 Å². The Labute approximate surface area is 116 Å². The molecular formula is C12H14NO4PS. The molecule has 0 bridgehead atoms. The van der Waals surface area contributed by atoms with Crippen molar-refractivity contribution < 1.29 is 18.8 Å². The van der Waals surface area contributed by atoms with E-state index in [0.29, 0.717) is 22.6 Å². The van der Waals surface area contributed by atoms with E-state index < -0.39 is 19.0 Å². The number of rotatable bonds is 4. The quantitative estimate of drug-likeness (QED) is 0.527. The first-order valence-electron chi connectivity index (χ1n) is 5.95. The molecule has 0 saturated heterocycles. The summed E-state index contributed by atoms with van der Waals surface area (Å²) in [7, 11) is -2.71. The molecule has 5 nitrogen and oxygen atoms in total. The van der Waals surface area contributed by atoms with Crippen molar-refractivity contribution in [2.75, 3.05) is 0 Å². The standard InChI is InChI=1S/C12H14NO4PS/c1-3-7-5-6-9-10(8(7)4-2)12(15)13(11(9)14)17-18(16)19/h5-6,18H,3-4H2,1-2H3,(H,16,19). The molecule has 0 saturated carbocycles. The Kier molecular flexibility index (Phi) is 4.13. The smallest absolute Gasteiger partial charge is 0.282 e. The number of carbonyl (C=O) groups excluding carboxylic acids is 2. The largest absolute Gasteiger partial charge is 0.286 e. The zero-order valence-corrected chi connectivity index (χ0v) is 12.5. The highest BCUT2D eigenvalue weighted by Crippen LogP contribution is 2.35. The van der Waals surface area contributed by atoms with Crippen LogP contribution in [0, 0.1) is 0 Å². The van der Waals surface area contributed by atoms with Gasteiger partial charge in [-0.3, -0.25) is 14.2 Å². The summed E-state index contributed by atoms with van der Waals surface area (Å²) >= 11 is 3.60. The molecule has 1 aliphatic heterocycles. The van der Waals surface area contributed by atoms with Crippen LogP contribution < -0.4 is 0 Å². The Bertz CT molecular complexity index is 587. The first-order chi connectivity index (χ1) is 9.01. The number of thiol groups is 1. The van der Waals surface area contributed by atoms with Crippen LogP contribution in [-0.2, 0) is 22.0 Å². The Balaban J connectivity index is 2.56. The van der Waals surface area contributed by atoms with Gasteiger partial charge in [0.05, 0.1) is 11.1 Å². The number of hydroxylamine groups is 2. The molecule has 1 aliphatic rings. The summed E-state index contributed by atoms with van der Waals surface area (Å²) in [5.74, 6) is -1.13. The third-order valence-corrected chi connectivity index (χ3v) is 3.71. The van der Waals surface area contributed by atoms with Gasteiger partial charge < -0.3 is 0 Å². The van der Waals surface area contributed by atoms with E-state index in [1.54, 1.807) is 6.07 Å². The van der Waals surface area contributed by atoms with Crippen LogP contribution in [0.5, 0.6) is 0 Å². The van der Waals surface area contributed by atoms with Gasteiger partial charge in [-0.1, -0.05) is 32.2 Å². The lowest BCUT2D eigenvalue weighted by atomic mass is 9.94. The van der Waals surface area contributed by atoms with E-state index in [1.165, 1.54) is 0 Å². The summed E-state index contributed by atoms with van der Waals surface area (Å²) in [4.78, 5) is 24.2. The van der Waals surface area contributed by atoms with Crippen molar-refractivity contribution in [3.05, 3.63) is 34.4 Å². The van der Waals surface area contributed by atoms with Gasteiger partial charge in [0, 0.05) is 0 Å². The van der Waals surface area contributed by atoms with Gasteiger partial charge in [0.25, 0.3) is 19.0 Å². The van der Waals surface area contributed by atoms with E-state index in [1.807, 2.05) is 19.9 Å². The predicted molar refractivity (Wildman–Crippen MR) is 74.8 cm³/mol. The summed E-state index contributed by atoms with van der Waals surface area (Å²) in [6.45, 7) is 3.92. The Morgan fingerprint density at radius 2 is 1.89 bits per heavy atom. The van der Waals surface area contributed by atoms with Gasteiger partial charge >= 0.3 is 0 Å². The van der Waals surface area contributed by atoms with Crippen LogP contribution in [0.15, 0.2) is 12.1 Å². The molecule has 1 heterocycles. The van der Waals surface area contributed by atoms with E-state index in [-0.39, 0.29) is 0 Å². The van der Waals surface area contributed by atoms with Crippen molar-refractivity contribution in [2.24, 2.45) is 0 Å². The number of imide groups is 1. The number of hydrogen-bond donors (Lipinski definition) is 1. The third kappa shape index (κ3) is 2.36. The summed E-state index contributed by atoms with van der Waals surface area (Å²) in [6.07, 6.45) is 1.43. The fourth-order valence-electron chi connectivity index (χ4n) is 2.31. The molecule has 2 rings (SSSR count). The van der Waals surface area contributed by atoms with Crippen LogP contribution >= 0.6 is 19.5 Å². The molecule has 7 heteroatoms. The van der Waals surface area contributed by atoms with Gasteiger partial charge in [-0.05, 0) is 30.0 Å². The molecule has 2 amide bonds. The van der Waals surface area contributed by atoms with Crippen molar-refractivity contribution >= 4 is 31.3 Å². The molecule has 19 heavy (non-hydrogen) atoms. The molecule has 1 aromatic rings. The molecule has 0 radical (unpaired) electrons. The number of carbonyl (C=O) groups is 2. The SMILES string of the molecule is CCc1ccc2c(c1CC)C(=O)N(O[PH](=O)S)C2=O. The highest BCUT2D eigenvalue weighted by Gasteiger charge is 2.39. The lowest BCUT2D eigenvalue weighted by Gasteiger charge is -2.11. The van der Waals surface area contributed by atoms with E-state index in [4.69, 9.17) is 4.62 Å². The highest BCUT2D eigenvalue weighted by molar-refractivity contribution is 8.39. The monoisotopic (exact) mass is 299 g/mol. The number of benzene rings is 1. The lowest BCUT2D eigenvalue weighted by molar-refractivity contribution is -0.00760. The van der Waals surface area contributed by atoms with Crippen LogP contribution in [0.2, 0.25) is 0 Å². The zero-order valence-electron chi connectivity index (χ0n) is 10.6. The number of nitrogens with zero attached hydrogens (tertiary/aromatic N) is 1. The van der Waals surface area contributed by atoms with Crippen LogP contribution in [-0.4, -0.2) is 16.9 Å². The fraction of sp³-hybridized carbons (Fsp3) is 0.333. The average Bonchev–Trinajstić information content (AvgIpc) is 2.62. The molecule has 0 spiro atoms. The molecule has 0 aliphatic carbocycles. The minimum atomic E-state index is -2.71. The Morgan fingerprint density at radius 1 is 1.21 bits per heavy atom. The zero-order chi connectivity index (χ0) is 14.2. The van der Waals surface area contributed by atoms with Crippen molar-refractivity contribution in [3.63, 3.8) is 0 Å². The van der Waals surface area contributed by atoms with Crippen molar-refractivity contribution in [1.82, 2.24) is 5.06 Å². The third-order valence-electron chi connectivity index (χ3n) is 3.13. The number of aryl methyl sites for hydroxylation is 1. The maximum atomic E-state index is 12.2. The van der Waals surface area contributed by atoms with Gasteiger partial charge in [-0.2, -0.15) is 4.62 Å². The first-order valence-corrected chi connectivity index (χ1v) is 8.56. The Hall–Kier alpha value is -1.10. The normalized spacial score (nSPS) is 15.8. The highest BCUT2D eigenvalue weighted by atomic mass is 32.7. The molecule has 1 aromatic carbocycles. The summed E-state index contributed by atoms with van der Waals surface area (Å²) in [6, 6.07) is 3.46. The molecule has 0 aromatic heterocycles. The van der Waals surface area contributed by atoms with Crippen molar-refractivity contribution in [2.45, 2.75) is 26.7 Å². The summed E-state index contributed by atoms with van der Waals surface area (Å²) in [5, 5.41) is 0.553. The molecule has 0 fully saturated rings. The van der Waals surface area contributed by atoms with Gasteiger partial charge in [0.2, 0.25) is 0 Å². The van der Waals surface area contributed by atoms with E-state index >= 15 is 0 Å². The van der Waals surface area contributed by atoms with Crippen LogP contribution in [0.3, 0.4) is 0 Å². The van der Waals surface area contributed by atoms with Crippen LogP contribution in [0.4, 0.5) is 0 Å². The summed E-state index contributed by atoms with van der Waals surface area (Å²) < 4.78 is 15.7. The van der Waals surface area contributed by atoms with E-state index in [2.05, 4.69) is 12.2 Å². The first kappa shape index (κ1) is 14.3. The summed E-state index contributed by atoms with van der Waals surface area (Å²) in [5.41, 5.74) is 2.55. The molecule has 1 atom stereocenters. The van der Waals surface area contributed by atoms with Crippen molar-refractivity contribution in [1.29, 1.82) is 0 Å². The minimum absolute atomic E-state index is 0.302. The topological polar surface area (TPSA) is 63.7 Å². The van der Waals surface area contributed by atoms with Gasteiger partial charge in [0.1, 0.15) is 0 Å². The van der Waals surface area contributed by atoms with Crippen LogP contribution in [0.25, 0.3) is 0 Å². The average molecular weight is 299 g/mol. The number of fused-ring (bicyclic) bond motifs is 1. The maximum Gasteiger partial charge on any atom is 0.286 e. The fourth-order valence-corrected chi connectivity index (χ4v) is 2.88. The predicted octanol–water partition coefficient (Wildman–Crippen LogP) is 2.66. The molecule has 1 unspecified atom stereocenters. The second-order valence-electron chi connectivity index (χ2n) is 4.09. The number of amides is 2. The molecule has 102 valence electrons. The van der Waals surface area contributed by atoms with E-state index in [0.717, 1.165) is 17.5 Å². The molecular weight excluding hydrogens is 285 g/mol. The Morgan fingerprint density at radius 3 is 2.42 bits per heavy atom. The lowest BCUT2D eigenvalue weighted by Crippen LogP contribution is -2.27. The van der Waals surface area contributed by atoms with Gasteiger partial charge in [-0.15, -0.1) is 5.06 Å². The van der Waals surface area contributed by atoms with Crippen LogP contribution in [0.1, 0.15) is 45.7 Å². The van der Waals surface area contributed by atoms with Crippen molar-refractivity contribution in [3.8, 4) is 0 Å². The van der Waals surface area contributed by atoms with E-state index in [9.17, 15) is 14.2 Å². The second-order valence-corrected chi connectivity index (χ2v) is 5.90. The minimum Gasteiger partial charge on any atom is -0.282 e. The molecule has 0 N–H and O–H groups in total. The number of hydrogen-bond acceptors (Lipinski definition) is 4. The van der Waals surface area contributed by atoms with Gasteiger partial charge in [-0.25, -0.2) is 0 Å².